The molecule has 0 radical (unpaired) electrons. The van der Waals surface area contributed by atoms with Gasteiger partial charge < -0.3 is 0 Å². The van der Waals surface area contributed by atoms with Crippen molar-refractivity contribution in [1.29, 1.82) is 0 Å². The number of nitrogens with one attached hydrogen (secondary N) is 1. The van der Waals surface area contributed by atoms with Crippen molar-refractivity contribution in [2.24, 2.45) is 0 Å². The van der Waals surface area contributed by atoms with Crippen molar-refractivity contribution < 1.29 is 9.18 Å². The molecule has 0 bridgehead atoms. The van der Waals surface area contributed by atoms with E-state index in [1.54, 1.807) is 49.6 Å². The quantitative estimate of drug-likeness (QED) is 0.749. The van der Waals surface area contributed by atoms with E-state index in [2.05, 4.69) is 4.72 Å². The monoisotopic (exact) mass is 339 g/mol. The van der Waals surface area contributed by atoms with E-state index in [4.69, 9.17) is 11.6 Å². The summed E-state index contributed by atoms with van der Waals surface area (Å²) in [7, 11) is 0. The number of rotatable bonds is 3. The molecule has 1 N–H and O–H groups in total. The maximum Gasteiger partial charge on any atom is 0.261 e. The molecule has 0 atom stereocenters. The van der Waals surface area contributed by atoms with Crippen LogP contribution in [-0.2, 0) is 0 Å². The summed E-state index contributed by atoms with van der Waals surface area (Å²) in [6.45, 7) is 5.69. The summed E-state index contributed by atoms with van der Waals surface area (Å²) >= 11 is 7.34. The van der Waals surface area contributed by atoms with E-state index in [0.717, 1.165) is 0 Å². The molecule has 5 heteroatoms. The van der Waals surface area contributed by atoms with Gasteiger partial charge in [-0.1, -0.05) is 55.6 Å². The number of hydrogen-bond donors (Lipinski definition) is 1. The van der Waals surface area contributed by atoms with Crippen LogP contribution in [0.25, 0.3) is 11.1 Å². The first-order chi connectivity index (χ1) is 10.5. The molecule has 1 amide bonds. The van der Waals surface area contributed by atoms with Crippen LogP contribution in [0.5, 0.6) is 0 Å². The largest absolute Gasteiger partial charge is 0.296 e. The molecule has 0 aromatic heterocycles. The lowest BCUT2D eigenvalue weighted by molar-refractivity contribution is 0.0984. The Morgan fingerprint density at radius 1 is 1.18 bits per heavy atom. The highest BCUT2D eigenvalue weighted by Gasteiger charge is 2.13. The number of benzene rings is 2. The SMILES string of the molecule is CC.CSNC(=O)c1ccc(Cl)c(-c2cccc(C)c2F)c1. The highest BCUT2D eigenvalue weighted by molar-refractivity contribution is 7.97. The fraction of sp³-hybridized carbons (Fsp3) is 0.235. The third-order valence-corrected chi connectivity index (χ3v) is 3.62. The van der Waals surface area contributed by atoms with Gasteiger partial charge in [0.15, 0.2) is 0 Å². The van der Waals surface area contributed by atoms with Gasteiger partial charge in [-0.3, -0.25) is 9.52 Å². The number of aryl methyl sites for hydroxylation is 1. The van der Waals surface area contributed by atoms with Gasteiger partial charge in [0.2, 0.25) is 0 Å². The average Bonchev–Trinajstić information content (AvgIpc) is 2.53. The maximum atomic E-state index is 14.2. The van der Waals surface area contributed by atoms with E-state index in [-0.39, 0.29) is 11.7 Å². The van der Waals surface area contributed by atoms with Crippen LogP contribution in [0.15, 0.2) is 36.4 Å². The van der Waals surface area contributed by atoms with Gasteiger partial charge in [0.1, 0.15) is 5.82 Å². The summed E-state index contributed by atoms with van der Waals surface area (Å²) in [6, 6.07) is 9.93. The normalized spacial score (nSPS) is 9.73. The third-order valence-electron chi connectivity index (χ3n) is 2.91. The first-order valence-electron chi connectivity index (χ1n) is 6.93. The molecule has 0 aliphatic carbocycles. The van der Waals surface area contributed by atoms with Crippen molar-refractivity contribution in [2.45, 2.75) is 20.8 Å². The fourth-order valence-electron chi connectivity index (χ4n) is 1.88. The Morgan fingerprint density at radius 2 is 1.86 bits per heavy atom. The number of amides is 1. The lowest BCUT2D eigenvalue weighted by Gasteiger charge is -2.10. The lowest BCUT2D eigenvalue weighted by Crippen LogP contribution is -2.15. The van der Waals surface area contributed by atoms with E-state index in [9.17, 15) is 9.18 Å². The highest BCUT2D eigenvalue weighted by Crippen LogP contribution is 2.32. The van der Waals surface area contributed by atoms with Crippen LogP contribution in [0.2, 0.25) is 5.02 Å². The predicted molar refractivity (Wildman–Crippen MR) is 93.9 cm³/mol. The predicted octanol–water partition coefficient (Wildman–Crippen LogP) is 5.49. The second kappa shape index (κ2) is 8.81. The molecule has 0 spiro atoms. The molecular formula is C17H19ClFNOS. The summed E-state index contributed by atoms with van der Waals surface area (Å²) < 4.78 is 16.8. The number of hydrogen-bond acceptors (Lipinski definition) is 2. The molecular weight excluding hydrogens is 321 g/mol. The van der Waals surface area contributed by atoms with E-state index in [1.165, 1.54) is 11.9 Å². The van der Waals surface area contributed by atoms with Gasteiger partial charge in [0.05, 0.1) is 0 Å². The van der Waals surface area contributed by atoms with Crippen molar-refractivity contribution in [3.05, 3.63) is 58.4 Å². The van der Waals surface area contributed by atoms with Crippen molar-refractivity contribution in [1.82, 2.24) is 4.72 Å². The molecule has 2 rings (SSSR count). The van der Waals surface area contributed by atoms with Gasteiger partial charge in [0.25, 0.3) is 5.91 Å². The molecule has 2 aromatic rings. The lowest BCUT2D eigenvalue weighted by atomic mass is 10.0. The molecule has 0 heterocycles. The maximum absolute atomic E-state index is 14.2. The first-order valence-corrected chi connectivity index (χ1v) is 8.53. The van der Waals surface area contributed by atoms with Crippen molar-refractivity contribution in [3.63, 3.8) is 0 Å². The van der Waals surface area contributed by atoms with E-state index in [0.29, 0.717) is 27.3 Å². The van der Waals surface area contributed by atoms with Crippen LogP contribution in [0.1, 0.15) is 29.8 Å². The second-order valence-corrected chi connectivity index (χ2v) is 5.29. The van der Waals surface area contributed by atoms with Crippen LogP contribution < -0.4 is 4.72 Å². The molecule has 2 nitrogen and oxygen atoms in total. The second-order valence-electron chi connectivity index (χ2n) is 4.27. The molecule has 0 saturated heterocycles. The molecule has 2 aromatic carbocycles. The topological polar surface area (TPSA) is 29.1 Å². The minimum Gasteiger partial charge on any atom is -0.296 e. The number of carbonyl (C=O) groups is 1. The zero-order valence-electron chi connectivity index (χ0n) is 13.0. The zero-order chi connectivity index (χ0) is 16.7. The summed E-state index contributed by atoms with van der Waals surface area (Å²) in [5.74, 6) is -0.555. The highest BCUT2D eigenvalue weighted by atomic mass is 35.5. The van der Waals surface area contributed by atoms with E-state index in [1.807, 2.05) is 13.8 Å². The van der Waals surface area contributed by atoms with Crippen LogP contribution in [0.3, 0.4) is 0 Å². The van der Waals surface area contributed by atoms with Gasteiger partial charge in [-0.2, -0.15) is 0 Å². The molecule has 0 unspecified atom stereocenters. The Kier molecular flexibility index (Phi) is 7.42. The van der Waals surface area contributed by atoms with Gasteiger partial charge in [-0.25, -0.2) is 4.39 Å². The molecule has 22 heavy (non-hydrogen) atoms. The van der Waals surface area contributed by atoms with Gasteiger partial charge in [-0.05, 0) is 30.7 Å². The fourth-order valence-corrected chi connectivity index (χ4v) is 2.40. The van der Waals surface area contributed by atoms with E-state index < -0.39 is 0 Å². The average molecular weight is 340 g/mol. The van der Waals surface area contributed by atoms with Crippen molar-refractivity contribution in [3.8, 4) is 11.1 Å². The van der Waals surface area contributed by atoms with Crippen LogP contribution in [0, 0.1) is 12.7 Å². The van der Waals surface area contributed by atoms with Crippen LogP contribution >= 0.6 is 23.5 Å². The summed E-state index contributed by atoms with van der Waals surface area (Å²) in [6.07, 6.45) is 1.76. The Morgan fingerprint density at radius 3 is 2.50 bits per heavy atom. The smallest absolute Gasteiger partial charge is 0.261 e. The molecule has 118 valence electrons. The summed E-state index contributed by atoms with van der Waals surface area (Å²) in [4.78, 5) is 11.8. The van der Waals surface area contributed by atoms with Gasteiger partial charge in [-0.15, -0.1) is 0 Å². The minimum atomic E-state index is -0.322. The Bertz CT molecular complexity index is 661. The number of halogens is 2. The Hall–Kier alpha value is -1.52. The van der Waals surface area contributed by atoms with Gasteiger partial charge in [0, 0.05) is 28.0 Å². The Balaban J connectivity index is 0.00000116. The summed E-state index contributed by atoms with van der Waals surface area (Å²) in [5.41, 5.74) is 1.90. The third kappa shape index (κ3) is 4.24. The van der Waals surface area contributed by atoms with Crippen molar-refractivity contribution >= 4 is 29.5 Å². The molecule has 0 fully saturated rings. The van der Waals surface area contributed by atoms with Crippen LogP contribution in [-0.4, -0.2) is 12.2 Å². The zero-order valence-corrected chi connectivity index (χ0v) is 14.6. The van der Waals surface area contributed by atoms with Gasteiger partial charge >= 0.3 is 0 Å². The molecule has 0 aliphatic rings. The van der Waals surface area contributed by atoms with E-state index >= 15 is 0 Å². The first kappa shape index (κ1) is 18.5. The molecule has 0 aliphatic heterocycles. The Labute approximate surface area is 140 Å². The summed E-state index contributed by atoms with van der Waals surface area (Å²) in [5, 5.41) is 0.412. The minimum absolute atomic E-state index is 0.233. The van der Waals surface area contributed by atoms with Crippen LogP contribution in [0.4, 0.5) is 4.39 Å². The standard InChI is InChI=1S/C15H13ClFNOS.C2H6/c1-9-4-3-5-11(14(9)17)12-8-10(6-7-13(12)16)15(19)18-20-2;1-2/h3-8H,1-2H3,(H,18,19);1-2H3. The number of carbonyl (C=O) groups excluding carboxylic acids is 1. The van der Waals surface area contributed by atoms with Crippen molar-refractivity contribution in [2.75, 3.05) is 6.26 Å². The molecule has 0 saturated carbocycles.